The molecule has 0 heterocycles. The molecule has 2 aromatic rings. The summed E-state index contributed by atoms with van der Waals surface area (Å²) in [6.07, 6.45) is 13.7. The van der Waals surface area contributed by atoms with Gasteiger partial charge in [-0.1, -0.05) is 43.3 Å². The van der Waals surface area contributed by atoms with Crippen LogP contribution in [0.4, 0.5) is 0 Å². The molecule has 4 aliphatic rings. The Kier molecular flexibility index (Phi) is 6.32. The highest BCUT2D eigenvalue weighted by Gasteiger charge is 2.52. The SMILES string of the molecule is CCCOc1cc(/C=C/c2ccc(C(=O)OCC)cc2)ccc1C12CC3CC(CC(C3)C1)C2. The third kappa shape index (κ3) is 4.60. The molecule has 4 aliphatic carbocycles. The van der Waals surface area contributed by atoms with Crippen LogP contribution in [0.1, 0.15) is 85.8 Å². The zero-order valence-corrected chi connectivity index (χ0v) is 20.0. The van der Waals surface area contributed by atoms with Gasteiger partial charge in [0.1, 0.15) is 5.75 Å². The molecule has 0 atom stereocenters. The average molecular weight is 445 g/mol. The Morgan fingerprint density at radius 2 is 1.52 bits per heavy atom. The fourth-order valence-corrected chi connectivity index (χ4v) is 6.99. The van der Waals surface area contributed by atoms with Crippen LogP contribution in [0.15, 0.2) is 42.5 Å². The second-order valence-electron chi connectivity index (χ2n) is 10.5. The molecule has 0 amide bonds. The van der Waals surface area contributed by atoms with Gasteiger partial charge in [0.05, 0.1) is 18.8 Å². The summed E-state index contributed by atoms with van der Waals surface area (Å²) in [5.74, 6) is 3.59. The zero-order chi connectivity index (χ0) is 22.8. The van der Waals surface area contributed by atoms with E-state index in [4.69, 9.17) is 9.47 Å². The van der Waals surface area contributed by atoms with Crippen molar-refractivity contribution in [2.45, 2.75) is 64.2 Å². The van der Waals surface area contributed by atoms with E-state index >= 15 is 0 Å². The van der Waals surface area contributed by atoms with E-state index in [0.717, 1.165) is 47.7 Å². The molecule has 33 heavy (non-hydrogen) atoms. The van der Waals surface area contributed by atoms with Crippen molar-refractivity contribution in [1.82, 2.24) is 0 Å². The summed E-state index contributed by atoms with van der Waals surface area (Å²) in [6, 6.07) is 14.4. The van der Waals surface area contributed by atoms with Gasteiger partial charge in [0.2, 0.25) is 0 Å². The molecule has 0 aromatic heterocycles. The predicted molar refractivity (Wildman–Crippen MR) is 133 cm³/mol. The van der Waals surface area contributed by atoms with Gasteiger partial charge in [0, 0.05) is 5.56 Å². The van der Waals surface area contributed by atoms with Crippen molar-refractivity contribution < 1.29 is 14.3 Å². The summed E-state index contributed by atoms with van der Waals surface area (Å²) in [4.78, 5) is 11.9. The van der Waals surface area contributed by atoms with Crippen molar-refractivity contribution in [3.8, 4) is 5.75 Å². The first-order valence-electron chi connectivity index (χ1n) is 12.8. The number of carbonyl (C=O) groups is 1. The Morgan fingerprint density at radius 3 is 2.12 bits per heavy atom. The quantitative estimate of drug-likeness (QED) is 0.317. The molecule has 0 radical (unpaired) electrons. The maximum absolute atomic E-state index is 11.9. The molecule has 4 bridgehead atoms. The van der Waals surface area contributed by atoms with Crippen molar-refractivity contribution in [2.75, 3.05) is 13.2 Å². The minimum absolute atomic E-state index is 0.272. The van der Waals surface area contributed by atoms with Gasteiger partial charge >= 0.3 is 5.97 Å². The minimum Gasteiger partial charge on any atom is -0.493 e. The molecule has 0 aliphatic heterocycles. The first kappa shape index (κ1) is 22.3. The van der Waals surface area contributed by atoms with Gasteiger partial charge in [0.15, 0.2) is 0 Å². The van der Waals surface area contributed by atoms with E-state index in [1.54, 1.807) is 0 Å². The molecular weight excluding hydrogens is 408 g/mol. The third-order valence-corrected chi connectivity index (χ3v) is 7.97. The standard InChI is InChI=1S/C30H36O3/c1-3-13-33-28-17-22(6-5-21-7-10-26(11-8-21)29(31)32-4-2)9-12-27(28)30-18-23-14-24(19-30)16-25(15-23)20-30/h5-12,17,23-25H,3-4,13-16,18-20H2,1-2H3/b6-5+. The summed E-state index contributed by atoms with van der Waals surface area (Å²) in [5, 5.41) is 0. The summed E-state index contributed by atoms with van der Waals surface area (Å²) >= 11 is 0. The lowest BCUT2D eigenvalue weighted by molar-refractivity contribution is -0.00638. The Hall–Kier alpha value is -2.55. The van der Waals surface area contributed by atoms with Crippen LogP contribution in [0, 0.1) is 17.8 Å². The molecule has 4 fully saturated rings. The zero-order valence-electron chi connectivity index (χ0n) is 20.0. The van der Waals surface area contributed by atoms with Gasteiger partial charge in [-0.05, 0) is 104 Å². The number of carbonyl (C=O) groups excluding carboxylic acids is 1. The number of benzene rings is 2. The highest BCUT2D eigenvalue weighted by atomic mass is 16.5. The highest BCUT2D eigenvalue weighted by Crippen LogP contribution is 2.61. The summed E-state index contributed by atoms with van der Waals surface area (Å²) in [6.45, 7) is 5.15. The molecule has 3 nitrogen and oxygen atoms in total. The fraction of sp³-hybridized carbons (Fsp3) is 0.500. The first-order chi connectivity index (χ1) is 16.1. The molecule has 0 unspecified atom stereocenters. The van der Waals surface area contributed by atoms with E-state index in [0.29, 0.717) is 17.6 Å². The van der Waals surface area contributed by atoms with Crippen molar-refractivity contribution >= 4 is 18.1 Å². The summed E-state index contributed by atoms with van der Waals surface area (Å²) in [7, 11) is 0. The van der Waals surface area contributed by atoms with E-state index in [-0.39, 0.29) is 5.97 Å². The smallest absolute Gasteiger partial charge is 0.338 e. The molecule has 0 N–H and O–H groups in total. The minimum atomic E-state index is -0.272. The van der Waals surface area contributed by atoms with E-state index in [1.807, 2.05) is 31.2 Å². The summed E-state index contributed by atoms with van der Waals surface area (Å²) in [5.41, 5.74) is 4.60. The van der Waals surface area contributed by atoms with Crippen LogP contribution in [0.5, 0.6) is 5.75 Å². The fourth-order valence-electron chi connectivity index (χ4n) is 6.99. The van der Waals surface area contributed by atoms with Crippen molar-refractivity contribution in [2.24, 2.45) is 17.8 Å². The van der Waals surface area contributed by atoms with Crippen molar-refractivity contribution in [1.29, 1.82) is 0 Å². The second kappa shape index (κ2) is 9.37. The molecular formula is C30H36O3. The van der Waals surface area contributed by atoms with Crippen LogP contribution in [0.3, 0.4) is 0 Å². The van der Waals surface area contributed by atoms with Crippen LogP contribution < -0.4 is 4.74 Å². The van der Waals surface area contributed by atoms with E-state index in [2.05, 4.69) is 37.3 Å². The maximum Gasteiger partial charge on any atom is 0.338 e. The number of hydrogen-bond donors (Lipinski definition) is 0. The number of rotatable bonds is 8. The third-order valence-electron chi connectivity index (χ3n) is 7.97. The Morgan fingerprint density at radius 1 is 0.909 bits per heavy atom. The van der Waals surface area contributed by atoms with Gasteiger partial charge in [0.25, 0.3) is 0 Å². The normalized spacial score (nSPS) is 27.8. The van der Waals surface area contributed by atoms with Crippen molar-refractivity contribution in [3.05, 3.63) is 64.7 Å². The van der Waals surface area contributed by atoms with Gasteiger partial charge in [-0.15, -0.1) is 0 Å². The molecule has 6 rings (SSSR count). The van der Waals surface area contributed by atoms with Gasteiger partial charge < -0.3 is 9.47 Å². The Bertz CT molecular complexity index is 982. The highest BCUT2D eigenvalue weighted by molar-refractivity contribution is 5.89. The molecule has 4 saturated carbocycles. The Balaban J connectivity index is 1.38. The molecule has 0 saturated heterocycles. The molecule has 174 valence electrons. The average Bonchev–Trinajstić information content (AvgIpc) is 2.81. The van der Waals surface area contributed by atoms with Crippen LogP contribution in [-0.2, 0) is 10.2 Å². The second-order valence-corrected chi connectivity index (χ2v) is 10.5. The van der Waals surface area contributed by atoms with Crippen LogP contribution in [0.2, 0.25) is 0 Å². The largest absolute Gasteiger partial charge is 0.493 e. The predicted octanol–water partition coefficient (Wildman–Crippen LogP) is 7.29. The monoisotopic (exact) mass is 444 g/mol. The van der Waals surface area contributed by atoms with E-state index in [1.165, 1.54) is 44.1 Å². The lowest BCUT2D eigenvalue weighted by atomic mass is 9.48. The molecule has 2 aromatic carbocycles. The van der Waals surface area contributed by atoms with Crippen LogP contribution in [0.25, 0.3) is 12.2 Å². The van der Waals surface area contributed by atoms with Gasteiger partial charge in [-0.25, -0.2) is 4.79 Å². The van der Waals surface area contributed by atoms with Gasteiger partial charge in [-0.2, -0.15) is 0 Å². The number of ether oxygens (including phenoxy) is 2. The van der Waals surface area contributed by atoms with Gasteiger partial charge in [-0.3, -0.25) is 0 Å². The Labute approximate surface area is 198 Å². The number of hydrogen-bond acceptors (Lipinski definition) is 3. The number of esters is 1. The maximum atomic E-state index is 11.9. The van der Waals surface area contributed by atoms with Crippen molar-refractivity contribution in [3.63, 3.8) is 0 Å². The first-order valence-corrected chi connectivity index (χ1v) is 12.8. The molecule has 3 heteroatoms. The van der Waals surface area contributed by atoms with Crippen LogP contribution in [-0.4, -0.2) is 19.2 Å². The molecule has 0 spiro atoms. The topological polar surface area (TPSA) is 35.5 Å². The van der Waals surface area contributed by atoms with E-state index < -0.39 is 0 Å². The van der Waals surface area contributed by atoms with E-state index in [9.17, 15) is 4.79 Å². The summed E-state index contributed by atoms with van der Waals surface area (Å²) < 4.78 is 11.4. The van der Waals surface area contributed by atoms with Crippen LogP contribution >= 0.6 is 0 Å². The lowest BCUT2D eigenvalue weighted by Gasteiger charge is -2.57. The lowest BCUT2D eigenvalue weighted by Crippen LogP contribution is -2.48.